The van der Waals surface area contributed by atoms with Crippen molar-refractivity contribution >= 4 is 0 Å². The van der Waals surface area contributed by atoms with Crippen LogP contribution in [-0.2, 0) is 6.54 Å². The van der Waals surface area contributed by atoms with Crippen molar-refractivity contribution in [1.82, 2.24) is 9.80 Å². The third-order valence-electron chi connectivity index (χ3n) is 4.41. The quantitative estimate of drug-likeness (QED) is 0.800. The summed E-state index contributed by atoms with van der Waals surface area (Å²) in [5, 5.41) is 0. The lowest BCUT2D eigenvalue weighted by Crippen LogP contribution is -2.46. The van der Waals surface area contributed by atoms with Gasteiger partial charge in [0.1, 0.15) is 5.75 Å². The number of para-hydroxylation sites is 1. The molecule has 1 unspecified atom stereocenters. The van der Waals surface area contributed by atoms with Crippen molar-refractivity contribution in [3.63, 3.8) is 0 Å². The first kappa shape index (κ1) is 17.3. The van der Waals surface area contributed by atoms with Gasteiger partial charge in [0.2, 0.25) is 0 Å². The highest BCUT2D eigenvalue weighted by Crippen LogP contribution is 2.22. The molecule has 22 heavy (non-hydrogen) atoms. The molecule has 1 heterocycles. The van der Waals surface area contributed by atoms with Crippen LogP contribution in [0.4, 0.5) is 0 Å². The summed E-state index contributed by atoms with van der Waals surface area (Å²) in [6.07, 6.45) is 2.41. The third-order valence-corrected chi connectivity index (χ3v) is 4.41. The summed E-state index contributed by atoms with van der Waals surface area (Å²) in [5.74, 6) is 1.04. The summed E-state index contributed by atoms with van der Waals surface area (Å²) in [6.45, 7) is 11.8. The van der Waals surface area contributed by atoms with Gasteiger partial charge in [-0.2, -0.15) is 0 Å². The highest BCUT2D eigenvalue weighted by Gasteiger charge is 2.18. The summed E-state index contributed by atoms with van der Waals surface area (Å²) in [6, 6.07) is 8.46. The zero-order valence-corrected chi connectivity index (χ0v) is 14.1. The van der Waals surface area contributed by atoms with Gasteiger partial charge in [-0.25, -0.2) is 0 Å². The van der Waals surface area contributed by atoms with Crippen LogP contribution in [0.1, 0.15) is 32.3 Å². The van der Waals surface area contributed by atoms with Gasteiger partial charge in [0, 0.05) is 38.3 Å². The Morgan fingerprint density at radius 3 is 2.50 bits per heavy atom. The van der Waals surface area contributed by atoms with E-state index in [9.17, 15) is 0 Å². The normalized spacial score (nSPS) is 18.3. The van der Waals surface area contributed by atoms with Crippen LogP contribution < -0.4 is 10.5 Å². The van der Waals surface area contributed by atoms with E-state index in [1.807, 2.05) is 0 Å². The molecule has 0 aliphatic carbocycles. The molecule has 1 atom stereocenters. The Morgan fingerprint density at radius 2 is 1.82 bits per heavy atom. The van der Waals surface area contributed by atoms with E-state index in [4.69, 9.17) is 10.5 Å². The maximum atomic E-state index is 6.06. The molecule has 4 nitrogen and oxygen atoms in total. The first-order valence-corrected chi connectivity index (χ1v) is 8.62. The van der Waals surface area contributed by atoms with Crippen molar-refractivity contribution < 1.29 is 4.74 Å². The molecule has 1 aliphatic heterocycles. The Balaban J connectivity index is 1.86. The van der Waals surface area contributed by atoms with Crippen LogP contribution in [0.15, 0.2) is 24.3 Å². The molecular weight excluding hydrogens is 274 g/mol. The van der Waals surface area contributed by atoms with E-state index in [0.29, 0.717) is 0 Å². The molecule has 1 saturated heterocycles. The van der Waals surface area contributed by atoms with Gasteiger partial charge in [0.25, 0.3) is 0 Å². The lowest BCUT2D eigenvalue weighted by molar-refractivity contribution is 0.124. The summed E-state index contributed by atoms with van der Waals surface area (Å²) in [7, 11) is 0. The van der Waals surface area contributed by atoms with Crippen molar-refractivity contribution in [2.45, 2.75) is 39.3 Å². The lowest BCUT2D eigenvalue weighted by Gasteiger charge is -2.35. The minimum atomic E-state index is 0.272. The van der Waals surface area contributed by atoms with Gasteiger partial charge in [-0.3, -0.25) is 4.90 Å². The predicted molar refractivity (Wildman–Crippen MR) is 92.2 cm³/mol. The average molecular weight is 305 g/mol. The molecule has 0 amide bonds. The molecule has 1 fully saturated rings. The Morgan fingerprint density at radius 1 is 1.14 bits per heavy atom. The predicted octanol–water partition coefficient (Wildman–Crippen LogP) is 2.33. The first-order valence-electron chi connectivity index (χ1n) is 8.62. The monoisotopic (exact) mass is 305 g/mol. The molecule has 0 saturated carbocycles. The Kier molecular flexibility index (Phi) is 7.16. The van der Waals surface area contributed by atoms with E-state index in [0.717, 1.165) is 64.4 Å². The number of piperazine rings is 1. The second-order valence-corrected chi connectivity index (χ2v) is 6.20. The molecule has 0 aromatic heterocycles. The Bertz CT molecular complexity index is 430. The minimum absolute atomic E-state index is 0.272. The average Bonchev–Trinajstić information content (AvgIpc) is 2.56. The largest absolute Gasteiger partial charge is 0.490 e. The van der Waals surface area contributed by atoms with Crippen LogP contribution in [0, 0.1) is 0 Å². The van der Waals surface area contributed by atoms with Gasteiger partial charge >= 0.3 is 0 Å². The number of benzene rings is 1. The van der Waals surface area contributed by atoms with Crippen molar-refractivity contribution in [1.29, 1.82) is 0 Å². The molecule has 0 radical (unpaired) electrons. The fraction of sp³-hybridized carbons (Fsp3) is 0.667. The summed E-state index contributed by atoms with van der Waals surface area (Å²) < 4.78 is 6.06. The van der Waals surface area contributed by atoms with E-state index < -0.39 is 0 Å². The van der Waals surface area contributed by atoms with Crippen LogP contribution in [0.2, 0.25) is 0 Å². The molecule has 1 aromatic carbocycles. The molecule has 4 heteroatoms. The molecule has 2 N–H and O–H groups in total. The topological polar surface area (TPSA) is 41.7 Å². The van der Waals surface area contributed by atoms with E-state index in [1.54, 1.807) is 0 Å². The smallest absolute Gasteiger partial charge is 0.124 e. The van der Waals surface area contributed by atoms with Crippen molar-refractivity contribution in [3.05, 3.63) is 29.8 Å². The van der Waals surface area contributed by atoms with Gasteiger partial charge in [0.15, 0.2) is 0 Å². The number of rotatable bonds is 8. The highest BCUT2D eigenvalue weighted by atomic mass is 16.5. The number of nitrogens with zero attached hydrogens (tertiary/aromatic N) is 2. The summed E-state index contributed by atoms with van der Waals surface area (Å²) in [4.78, 5) is 5.04. The zero-order chi connectivity index (χ0) is 15.8. The van der Waals surface area contributed by atoms with Gasteiger partial charge in [-0.1, -0.05) is 25.1 Å². The molecule has 2 rings (SSSR count). The lowest BCUT2D eigenvalue weighted by atomic mass is 10.1. The molecule has 0 bridgehead atoms. The molecule has 1 aromatic rings. The summed E-state index contributed by atoms with van der Waals surface area (Å²) in [5.41, 5.74) is 6.90. The standard InChI is InChI=1S/C18H31N3O/c1-3-16(2)22-18-8-5-4-7-17(18)15-21-13-11-20(12-14-21)10-6-9-19/h4-5,7-8,16H,3,6,9-15,19H2,1-2H3. The zero-order valence-electron chi connectivity index (χ0n) is 14.1. The van der Waals surface area contributed by atoms with Gasteiger partial charge in [0.05, 0.1) is 6.10 Å². The summed E-state index contributed by atoms with van der Waals surface area (Å²) >= 11 is 0. The maximum Gasteiger partial charge on any atom is 0.124 e. The van der Waals surface area contributed by atoms with E-state index in [2.05, 4.69) is 47.9 Å². The van der Waals surface area contributed by atoms with Gasteiger partial charge in [-0.05, 0) is 38.9 Å². The minimum Gasteiger partial charge on any atom is -0.490 e. The Labute approximate surface area is 135 Å². The van der Waals surface area contributed by atoms with Gasteiger partial charge in [-0.15, -0.1) is 0 Å². The number of ether oxygens (including phenoxy) is 1. The van der Waals surface area contributed by atoms with Crippen LogP contribution in [-0.4, -0.2) is 55.2 Å². The van der Waals surface area contributed by atoms with Crippen molar-refractivity contribution in [2.75, 3.05) is 39.3 Å². The number of hydrogen-bond donors (Lipinski definition) is 1. The Hall–Kier alpha value is -1.10. The molecule has 124 valence electrons. The van der Waals surface area contributed by atoms with Crippen LogP contribution in [0.25, 0.3) is 0 Å². The van der Waals surface area contributed by atoms with Crippen LogP contribution in [0.3, 0.4) is 0 Å². The molecule has 1 aliphatic rings. The number of hydrogen-bond acceptors (Lipinski definition) is 4. The maximum absolute atomic E-state index is 6.06. The first-order chi connectivity index (χ1) is 10.7. The van der Waals surface area contributed by atoms with Crippen molar-refractivity contribution in [3.8, 4) is 5.75 Å². The third kappa shape index (κ3) is 5.27. The van der Waals surface area contributed by atoms with Crippen LogP contribution >= 0.6 is 0 Å². The SMILES string of the molecule is CCC(C)Oc1ccccc1CN1CCN(CCCN)CC1. The fourth-order valence-electron chi connectivity index (χ4n) is 2.78. The van der Waals surface area contributed by atoms with Gasteiger partial charge < -0.3 is 15.4 Å². The van der Waals surface area contributed by atoms with E-state index in [-0.39, 0.29) is 6.10 Å². The van der Waals surface area contributed by atoms with E-state index in [1.165, 1.54) is 5.56 Å². The second-order valence-electron chi connectivity index (χ2n) is 6.20. The van der Waals surface area contributed by atoms with Crippen LogP contribution in [0.5, 0.6) is 5.75 Å². The van der Waals surface area contributed by atoms with Crippen molar-refractivity contribution in [2.24, 2.45) is 5.73 Å². The molecular formula is C18H31N3O. The van der Waals surface area contributed by atoms with E-state index >= 15 is 0 Å². The molecule has 0 spiro atoms. The second kappa shape index (κ2) is 9.13. The highest BCUT2D eigenvalue weighted by molar-refractivity contribution is 5.33. The number of nitrogens with two attached hydrogens (primary N) is 1. The fourth-order valence-corrected chi connectivity index (χ4v) is 2.78.